The van der Waals surface area contributed by atoms with Gasteiger partial charge in [0.1, 0.15) is 0 Å². The van der Waals surface area contributed by atoms with Crippen LogP contribution >= 0.6 is 0 Å². The number of aryl methyl sites for hydroxylation is 1. The largest absolute Gasteiger partial charge is 0.309 e. The molecule has 1 aromatic heterocycles. The fourth-order valence-corrected chi connectivity index (χ4v) is 3.31. The molecule has 2 nitrogen and oxygen atoms in total. The van der Waals surface area contributed by atoms with Crippen molar-refractivity contribution in [2.75, 3.05) is 0 Å². The zero-order chi connectivity index (χ0) is 14.6. The minimum atomic E-state index is -1.18. The van der Waals surface area contributed by atoms with Gasteiger partial charge < -0.3 is 5.32 Å². The first kappa shape index (κ1) is 14.9. The summed E-state index contributed by atoms with van der Waals surface area (Å²) >= 11 is 0. The quantitative estimate of drug-likeness (QED) is 0.853. The molecule has 3 heteroatoms. The van der Waals surface area contributed by atoms with E-state index in [9.17, 15) is 0 Å². The van der Waals surface area contributed by atoms with Crippen molar-refractivity contribution < 1.29 is 0 Å². The van der Waals surface area contributed by atoms with Gasteiger partial charge in [0.2, 0.25) is 0 Å². The third kappa shape index (κ3) is 4.02. The smallest absolute Gasteiger partial charge is 0.0775 e. The first-order valence-corrected chi connectivity index (χ1v) is 10.7. The van der Waals surface area contributed by atoms with Crippen LogP contribution in [0.2, 0.25) is 19.6 Å². The van der Waals surface area contributed by atoms with E-state index >= 15 is 0 Å². The molecular weight excluding hydrogens is 260 g/mol. The van der Waals surface area contributed by atoms with Gasteiger partial charge in [-0.15, -0.1) is 0 Å². The molecule has 0 saturated carbocycles. The van der Waals surface area contributed by atoms with Crippen LogP contribution in [0.25, 0.3) is 0 Å². The highest BCUT2D eigenvalue weighted by Gasteiger charge is 2.15. The molecule has 2 aromatic rings. The lowest BCUT2D eigenvalue weighted by Gasteiger charge is -2.17. The molecule has 0 fully saturated rings. The molecule has 0 unspecified atom stereocenters. The van der Waals surface area contributed by atoms with Gasteiger partial charge in [-0.1, -0.05) is 49.1 Å². The van der Waals surface area contributed by atoms with Crippen molar-refractivity contribution in [3.63, 3.8) is 0 Å². The van der Waals surface area contributed by atoms with Crippen LogP contribution in [0.5, 0.6) is 0 Å². The minimum absolute atomic E-state index is 0.870. The highest BCUT2D eigenvalue weighted by molar-refractivity contribution is 6.88. The summed E-state index contributed by atoms with van der Waals surface area (Å²) in [5, 5.41) is 5.01. The Morgan fingerprint density at radius 1 is 1.00 bits per heavy atom. The number of hydrogen-bond donors (Lipinski definition) is 1. The van der Waals surface area contributed by atoms with E-state index in [-0.39, 0.29) is 0 Å². The predicted octanol–water partition coefficient (Wildman–Crippen LogP) is 3.23. The minimum Gasteiger partial charge on any atom is -0.309 e. The Labute approximate surface area is 123 Å². The zero-order valence-corrected chi connectivity index (χ0v) is 13.9. The summed E-state index contributed by atoms with van der Waals surface area (Å²) in [6.07, 6.45) is 3.78. The van der Waals surface area contributed by atoms with Crippen LogP contribution in [0.1, 0.15) is 16.7 Å². The fourth-order valence-electron chi connectivity index (χ4n) is 2.15. The lowest BCUT2D eigenvalue weighted by atomic mass is 10.1. The molecule has 0 aliphatic carbocycles. The Morgan fingerprint density at radius 2 is 1.70 bits per heavy atom. The number of benzene rings is 1. The SMILES string of the molecule is Cc1ccncc1CNCc1ccc([Si](C)(C)C)cc1. The average Bonchev–Trinajstić information content (AvgIpc) is 2.40. The molecule has 0 atom stereocenters. The van der Waals surface area contributed by atoms with Gasteiger partial charge in [-0.2, -0.15) is 0 Å². The topological polar surface area (TPSA) is 24.9 Å². The lowest BCUT2D eigenvalue weighted by molar-refractivity contribution is 0.688. The first-order valence-electron chi connectivity index (χ1n) is 7.16. The van der Waals surface area contributed by atoms with Gasteiger partial charge in [0.05, 0.1) is 8.07 Å². The third-order valence-corrected chi connectivity index (χ3v) is 5.68. The number of nitrogens with zero attached hydrogens (tertiary/aromatic N) is 1. The molecule has 0 radical (unpaired) electrons. The number of nitrogens with one attached hydrogen (secondary N) is 1. The van der Waals surface area contributed by atoms with Gasteiger partial charge in [-0.3, -0.25) is 4.98 Å². The Bertz CT molecular complexity index is 556. The molecule has 1 N–H and O–H groups in total. The number of hydrogen-bond acceptors (Lipinski definition) is 2. The van der Waals surface area contributed by atoms with Gasteiger partial charge in [0.25, 0.3) is 0 Å². The van der Waals surface area contributed by atoms with Crippen LogP contribution in [-0.4, -0.2) is 13.1 Å². The van der Waals surface area contributed by atoms with Gasteiger partial charge in [-0.25, -0.2) is 0 Å². The summed E-state index contributed by atoms with van der Waals surface area (Å²) in [6, 6.07) is 11.1. The van der Waals surface area contributed by atoms with Crippen molar-refractivity contribution in [2.24, 2.45) is 0 Å². The van der Waals surface area contributed by atoms with E-state index in [0.717, 1.165) is 13.1 Å². The van der Waals surface area contributed by atoms with Crippen molar-refractivity contribution in [1.82, 2.24) is 10.3 Å². The van der Waals surface area contributed by atoms with E-state index in [0.29, 0.717) is 0 Å². The molecule has 1 heterocycles. The number of rotatable bonds is 5. The second-order valence-electron chi connectivity index (χ2n) is 6.35. The molecule has 20 heavy (non-hydrogen) atoms. The fraction of sp³-hybridized carbons (Fsp3) is 0.353. The average molecular weight is 284 g/mol. The maximum absolute atomic E-state index is 4.17. The van der Waals surface area contributed by atoms with E-state index in [1.54, 1.807) is 0 Å². The lowest BCUT2D eigenvalue weighted by Crippen LogP contribution is -2.37. The maximum atomic E-state index is 4.17. The molecule has 0 spiro atoms. The molecule has 0 amide bonds. The first-order chi connectivity index (χ1) is 9.47. The van der Waals surface area contributed by atoms with E-state index < -0.39 is 8.07 Å². The highest BCUT2D eigenvalue weighted by Crippen LogP contribution is 2.06. The van der Waals surface area contributed by atoms with E-state index in [1.807, 2.05) is 12.4 Å². The van der Waals surface area contributed by atoms with Crippen molar-refractivity contribution in [3.05, 3.63) is 59.4 Å². The zero-order valence-electron chi connectivity index (χ0n) is 12.9. The number of aromatic nitrogens is 1. The summed E-state index contributed by atoms with van der Waals surface area (Å²) in [5.41, 5.74) is 3.90. The van der Waals surface area contributed by atoms with Gasteiger partial charge in [0, 0.05) is 25.5 Å². The van der Waals surface area contributed by atoms with Crippen LogP contribution in [0.15, 0.2) is 42.7 Å². The number of pyridine rings is 1. The van der Waals surface area contributed by atoms with Gasteiger partial charge in [-0.05, 0) is 29.7 Å². The second-order valence-corrected chi connectivity index (χ2v) is 11.4. The third-order valence-electron chi connectivity index (χ3n) is 3.61. The van der Waals surface area contributed by atoms with Crippen LogP contribution in [0.3, 0.4) is 0 Å². The van der Waals surface area contributed by atoms with E-state index in [2.05, 4.69) is 67.2 Å². The summed E-state index contributed by atoms with van der Waals surface area (Å²) in [6.45, 7) is 11.0. The molecule has 0 saturated heterocycles. The Hall–Kier alpha value is -1.45. The van der Waals surface area contributed by atoms with Crippen LogP contribution in [0.4, 0.5) is 0 Å². The molecule has 0 aliphatic rings. The standard InChI is InChI=1S/C17H24N2Si/c1-14-9-10-18-12-16(14)13-19-11-15-5-7-17(8-6-15)20(2,3)4/h5-10,12,19H,11,13H2,1-4H3. The van der Waals surface area contributed by atoms with Crippen LogP contribution < -0.4 is 10.5 Å². The molecule has 0 aliphatic heterocycles. The molecule has 1 aromatic carbocycles. The van der Waals surface area contributed by atoms with E-state index in [1.165, 1.54) is 21.9 Å². The summed E-state index contributed by atoms with van der Waals surface area (Å²) < 4.78 is 0. The molecule has 0 bridgehead atoms. The highest BCUT2D eigenvalue weighted by atomic mass is 28.3. The monoisotopic (exact) mass is 284 g/mol. The van der Waals surface area contributed by atoms with Crippen molar-refractivity contribution in [2.45, 2.75) is 39.7 Å². The van der Waals surface area contributed by atoms with Crippen LogP contribution in [-0.2, 0) is 13.1 Å². The molecule has 106 valence electrons. The summed E-state index contributed by atoms with van der Waals surface area (Å²) in [7, 11) is -1.18. The Kier molecular flexibility index (Phi) is 4.73. The Morgan fingerprint density at radius 3 is 2.30 bits per heavy atom. The van der Waals surface area contributed by atoms with Gasteiger partial charge >= 0.3 is 0 Å². The summed E-state index contributed by atoms with van der Waals surface area (Å²) in [5.74, 6) is 0. The van der Waals surface area contributed by atoms with Crippen LogP contribution in [0, 0.1) is 6.92 Å². The van der Waals surface area contributed by atoms with Crippen molar-refractivity contribution in [3.8, 4) is 0 Å². The Balaban J connectivity index is 1.90. The molecular formula is C17H24N2Si. The van der Waals surface area contributed by atoms with E-state index in [4.69, 9.17) is 0 Å². The maximum Gasteiger partial charge on any atom is 0.0775 e. The van der Waals surface area contributed by atoms with Gasteiger partial charge in [0.15, 0.2) is 0 Å². The van der Waals surface area contributed by atoms with Crippen molar-refractivity contribution in [1.29, 1.82) is 0 Å². The second kappa shape index (κ2) is 6.33. The predicted molar refractivity (Wildman–Crippen MR) is 88.9 cm³/mol. The van der Waals surface area contributed by atoms with Crippen molar-refractivity contribution >= 4 is 13.3 Å². The molecule has 2 rings (SSSR count). The normalized spacial score (nSPS) is 11.6. The summed E-state index contributed by atoms with van der Waals surface area (Å²) in [4.78, 5) is 4.17.